The van der Waals surface area contributed by atoms with Crippen molar-refractivity contribution in [3.05, 3.63) is 218 Å². The highest BCUT2D eigenvalue weighted by atomic mass is 15.1. The van der Waals surface area contributed by atoms with Crippen molar-refractivity contribution in [2.45, 2.75) is 0 Å². The molecule has 21 rings (SSSR count). The summed E-state index contributed by atoms with van der Waals surface area (Å²) in [5.74, 6) is 0. The number of hydrogen-bond acceptors (Lipinski definition) is 0. The van der Waals surface area contributed by atoms with E-state index in [4.69, 9.17) is 0 Å². The first-order valence-electron chi connectivity index (χ1n) is 26.8. The Balaban J connectivity index is 1.01. The summed E-state index contributed by atoms with van der Waals surface area (Å²) in [6, 6.07) is 84.5. The van der Waals surface area contributed by atoms with Gasteiger partial charge in [0.15, 0.2) is 0 Å². The normalized spacial score (nSPS) is 13.5. The van der Waals surface area contributed by atoms with Crippen molar-refractivity contribution < 1.29 is 0 Å². The standard InChI is InChI=1S/C72H36BN3/c1-4-19-44-41(16-1)47-22-7-13-37-31-32-58-67(61(37)47)64-50(44)25-10-28-55(64)74(58)40-35-59-70-60(36-40)76-57-30-12-27-52-46-21-6-3-18-43(46)49-24-9-15-39-34-54(72(76)69(63(39)49)66(52)57)73(70)53-33-38-14-8-23-48-42-17-2-5-20-45(42)51-26-11-29-56-65(51)68(62(38)48)71(53)75(56)59/h1-36H. The van der Waals surface area contributed by atoms with Crippen LogP contribution in [0.25, 0.3) is 182 Å². The van der Waals surface area contributed by atoms with Crippen molar-refractivity contribution in [1.29, 1.82) is 0 Å². The van der Waals surface area contributed by atoms with E-state index in [2.05, 4.69) is 232 Å². The van der Waals surface area contributed by atoms with Crippen LogP contribution in [-0.4, -0.2) is 20.4 Å². The molecule has 0 spiro atoms. The van der Waals surface area contributed by atoms with E-state index in [1.165, 1.54) is 192 Å². The molecule has 3 nitrogen and oxygen atoms in total. The van der Waals surface area contributed by atoms with Crippen LogP contribution in [0.1, 0.15) is 0 Å². The predicted molar refractivity (Wildman–Crippen MR) is 320 cm³/mol. The van der Waals surface area contributed by atoms with E-state index in [1.54, 1.807) is 0 Å². The molecule has 0 N–H and O–H groups in total. The van der Waals surface area contributed by atoms with Crippen LogP contribution in [0.2, 0.25) is 0 Å². The lowest BCUT2D eigenvalue weighted by atomic mass is 9.34. The zero-order valence-corrected chi connectivity index (χ0v) is 40.7. The molecule has 16 aromatic rings. The molecule has 0 fully saturated rings. The predicted octanol–water partition coefficient (Wildman–Crippen LogP) is 16.5. The van der Waals surface area contributed by atoms with Crippen LogP contribution in [0, 0.1) is 0 Å². The van der Waals surface area contributed by atoms with Gasteiger partial charge in [-0.05, 0) is 152 Å². The molecular weight excluding hydrogens is 918 g/mol. The van der Waals surface area contributed by atoms with Gasteiger partial charge in [-0.2, -0.15) is 0 Å². The minimum Gasteiger partial charge on any atom is -0.310 e. The van der Waals surface area contributed by atoms with Gasteiger partial charge in [0.25, 0.3) is 6.71 Å². The number of hydrogen-bond donors (Lipinski definition) is 0. The molecule has 0 bridgehead atoms. The van der Waals surface area contributed by atoms with E-state index in [0.717, 1.165) is 5.69 Å². The monoisotopic (exact) mass is 953 g/mol. The largest absolute Gasteiger partial charge is 0.310 e. The Kier molecular flexibility index (Phi) is 6.23. The maximum atomic E-state index is 2.70. The van der Waals surface area contributed by atoms with E-state index in [1.807, 2.05) is 0 Å². The van der Waals surface area contributed by atoms with Gasteiger partial charge in [0.1, 0.15) is 0 Å². The van der Waals surface area contributed by atoms with E-state index in [9.17, 15) is 0 Å². The van der Waals surface area contributed by atoms with E-state index in [-0.39, 0.29) is 6.71 Å². The molecule has 13 aromatic carbocycles. The molecule has 0 atom stereocenters. The zero-order chi connectivity index (χ0) is 48.5. The van der Waals surface area contributed by atoms with Crippen LogP contribution in [0.4, 0.5) is 0 Å². The number of aromatic nitrogens is 3. The second-order valence-electron chi connectivity index (χ2n) is 22.1. The first-order chi connectivity index (χ1) is 37.8. The Bertz CT molecular complexity index is 5360. The fourth-order valence-electron chi connectivity index (χ4n) is 16.4. The fourth-order valence-corrected chi connectivity index (χ4v) is 16.4. The molecule has 5 aliphatic rings. The van der Waals surface area contributed by atoms with Crippen LogP contribution in [-0.2, 0) is 0 Å². The van der Waals surface area contributed by atoms with Gasteiger partial charge in [0.2, 0.25) is 0 Å². The van der Waals surface area contributed by atoms with Crippen molar-refractivity contribution in [1.82, 2.24) is 13.7 Å². The van der Waals surface area contributed by atoms with E-state index in [0.29, 0.717) is 0 Å². The number of fused-ring (bicyclic) bond motifs is 15. The third kappa shape index (κ3) is 4.02. The van der Waals surface area contributed by atoms with Crippen molar-refractivity contribution in [2.75, 3.05) is 0 Å². The number of nitrogens with zero attached hydrogens (tertiary/aromatic N) is 3. The molecule has 4 heteroatoms. The Morgan fingerprint density at radius 2 is 0.579 bits per heavy atom. The average Bonchev–Trinajstić information content (AvgIpc) is 4.26. The van der Waals surface area contributed by atoms with Crippen LogP contribution in [0.15, 0.2) is 218 Å². The summed E-state index contributed by atoms with van der Waals surface area (Å²) < 4.78 is 8.03. The summed E-state index contributed by atoms with van der Waals surface area (Å²) in [5.41, 5.74) is 30.9. The maximum Gasteiger partial charge on any atom is 0.252 e. The van der Waals surface area contributed by atoms with Crippen LogP contribution < -0.4 is 16.4 Å². The van der Waals surface area contributed by atoms with Crippen LogP contribution in [0.5, 0.6) is 0 Å². The summed E-state index contributed by atoms with van der Waals surface area (Å²) >= 11 is 0. The molecule has 2 aliphatic heterocycles. The Hall–Kier alpha value is -9.90. The van der Waals surface area contributed by atoms with Gasteiger partial charge in [0, 0.05) is 43.7 Å². The highest BCUT2D eigenvalue weighted by Crippen LogP contribution is 2.55. The first kappa shape index (κ1) is 37.8. The molecule has 0 amide bonds. The highest BCUT2D eigenvalue weighted by molar-refractivity contribution is 7.00. The van der Waals surface area contributed by atoms with Crippen molar-refractivity contribution in [3.8, 4) is 83.8 Å². The van der Waals surface area contributed by atoms with E-state index < -0.39 is 0 Å². The fraction of sp³-hybridized carbons (Fsp3) is 0. The lowest BCUT2D eigenvalue weighted by molar-refractivity contribution is 1.10. The molecule has 342 valence electrons. The van der Waals surface area contributed by atoms with Crippen LogP contribution >= 0.6 is 0 Å². The molecule has 3 aromatic heterocycles. The molecule has 76 heavy (non-hydrogen) atoms. The average molecular weight is 954 g/mol. The van der Waals surface area contributed by atoms with Crippen molar-refractivity contribution in [3.63, 3.8) is 0 Å². The lowest BCUT2D eigenvalue weighted by Crippen LogP contribution is -2.59. The van der Waals surface area contributed by atoms with Crippen molar-refractivity contribution in [2.24, 2.45) is 0 Å². The molecular formula is C72H36BN3. The zero-order valence-electron chi connectivity index (χ0n) is 40.7. The summed E-state index contributed by atoms with van der Waals surface area (Å²) in [6.07, 6.45) is 0. The van der Waals surface area contributed by atoms with Gasteiger partial charge in [-0.1, -0.05) is 182 Å². The summed E-state index contributed by atoms with van der Waals surface area (Å²) in [7, 11) is 0. The molecule has 0 saturated heterocycles. The smallest absolute Gasteiger partial charge is 0.252 e. The second kappa shape index (κ2) is 12.5. The minimum atomic E-state index is -0.0460. The van der Waals surface area contributed by atoms with Crippen molar-refractivity contribution >= 4 is 121 Å². The quantitative estimate of drug-likeness (QED) is 0.146. The van der Waals surface area contributed by atoms with Crippen LogP contribution in [0.3, 0.4) is 0 Å². The Labute approximate surface area is 434 Å². The molecule has 0 saturated carbocycles. The topological polar surface area (TPSA) is 14.8 Å². The van der Waals surface area contributed by atoms with Gasteiger partial charge in [-0.25, -0.2) is 0 Å². The third-order valence-electron chi connectivity index (χ3n) is 18.9. The van der Waals surface area contributed by atoms with Gasteiger partial charge in [-0.3, -0.25) is 0 Å². The van der Waals surface area contributed by atoms with Gasteiger partial charge >= 0.3 is 0 Å². The van der Waals surface area contributed by atoms with Gasteiger partial charge in [-0.15, -0.1) is 0 Å². The Morgan fingerprint density at radius 3 is 1.03 bits per heavy atom. The molecule has 0 radical (unpaired) electrons. The summed E-state index contributed by atoms with van der Waals surface area (Å²) in [6.45, 7) is -0.0460. The molecule has 3 aliphatic carbocycles. The summed E-state index contributed by atoms with van der Waals surface area (Å²) in [4.78, 5) is 0. The SMILES string of the molecule is c1ccc2c(c1)-c1cccc3ccc4c(c13)c1c-2cccc1n4-c1cc2c3c(c1)-n1c4cccc5c4c4c6c(cccc6cc(c41)B3c1cc3cccc4c3c3c6c(cccc6n-2c13)-c1ccccc1-4)-c1ccccc1-5. The maximum absolute atomic E-state index is 2.70. The number of rotatable bonds is 1. The first-order valence-corrected chi connectivity index (χ1v) is 26.8. The molecule has 0 unspecified atom stereocenters. The van der Waals surface area contributed by atoms with Gasteiger partial charge in [0.05, 0.1) is 38.8 Å². The highest BCUT2D eigenvalue weighted by Gasteiger charge is 2.44. The van der Waals surface area contributed by atoms with Gasteiger partial charge < -0.3 is 13.7 Å². The van der Waals surface area contributed by atoms with E-state index >= 15 is 0 Å². The second-order valence-corrected chi connectivity index (χ2v) is 22.1. The summed E-state index contributed by atoms with van der Waals surface area (Å²) in [5, 5.41) is 15.9. The Morgan fingerprint density at radius 1 is 0.237 bits per heavy atom. The lowest BCUT2D eigenvalue weighted by Gasteiger charge is -2.35. The third-order valence-corrected chi connectivity index (χ3v) is 18.9. The number of benzene rings is 13. The molecule has 5 heterocycles. The minimum absolute atomic E-state index is 0.0460.